The minimum absolute atomic E-state index is 0.0292. The van der Waals surface area contributed by atoms with Gasteiger partial charge in [-0.1, -0.05) is 6.92 Å². The molecule has 0 saturated carbocycles. The van der Waals surface area contributed by atoms with Crippen molar-refractivity contribution in [2.75, 3.05) is 18.4 Å². The van der Waals surface area contributed by atoms with Crippen molar-refractivity contribution in [3.8, 4) is 0 Å². The van der Waals surface area contributed by atoms with Crippen molar-refractivity contribution in [3.63, 3.8) is 0 Å². The second kappa shape index (κ2) is 6.49. The van der Waals surface area contributed by atoms with E-state index >= 15 is 0 Å². The van der Waals surface area contributed by atoms with Crippen molar-refractivity contribution in [1.82, 2.24) is 9.88 Å². The molecule has 1 fully saturated rings. The summed E-state index contributed by atoms with van der Waals surface area (Å²) in [7, 11) is 0. The van der Waals surface area contributed by atoms with Crippen LogP contribution in [0.5, 0.6) is 0 Å². The monoisotopic (exact) mass is 293 g/mol. The van der Waals surface area contributed by atoms with Gasteiger partial charge in [0.1, 0.15) is 12.0 Å². The highest BCUT2D eigenvalue weighted by Crippen LogP contribution is 2.17. The molecule has 1 aromatic rings. The number of pyridine rings is 1. The first-order chi connectivity index (χ1) is 10.0. The van der Waals surface area contributed by atoms with Gasteiger partial charge in [-0.05, 0) is 18.9 Å². The summed E-state index contributed by atoms with van der Waals surface area (Å²) in [6, 6.07) is 2.62. The molecule has 3 N–H and O–H groups in total. The molecule has 1 saturated heterocycles. The van der Waals surface area contributed by atoms with Crippen LogP contribution in [0.15, 0.2) is 18.3 Å². The Morgan fingerprint density at radius 3 is 3.00 bits per heavy atom. The number of aromatic nitrogens is 1. The Hall–Kier alpha value is -2.22. The minimum atomic E-state index is -0.487. The maximum atomic E-state index is 12.0. The molecule has 2 heterocycles. The van der Waals surface area contributed by atoms with Crippen LogP contribution in [0.25, 0.3) is 0 Å². The predicted molar refractivity (Wildman–Crippen MR) is 77.8 cm³/mol. The van der Waals surface area contributed by atoms with E-state index < -0.39 is 11.0 Å². The molecule has 21 heavy (non-hydrogen) atoms. The fraction of sp³-hybridized carbons (Fsp3) is 0.538. The van der Waals surface area contributed by atoms with E-state index in [4.69, 9.17) is 5.73 Å². The summed E-state index contributed by atoms with van der Waals surface area (Å²) in [5, 5.41) is 13.7. The average molecular weight is 293 g/mol. The Kier molecular flexibility index (Phi) is 4.69. The third-order valence-corrected chi connectivity index (χ3v) is 3.57. The number of nitro groups is 1. The zero-order chi connectivity index (χ0) is 15.4. The van der Waals surface area contributed by atoms with E-state index in [1.54, 1.807) is 11.0 Å². The van der Waals surface area contributed by atoms with Gasteiger partial charge in [0, 0.05) is 25.2 Å². The lowest BCUT2D eigenvalue weighted by Crippen LogP contribution is -2.43. The Morgan fingerprint density at radius 1 is 1.67 bits per heavy atom. The third kappa shape index (κ3) is 3.66. The standard InChI is InChI=1S/C13H19N5O3/c1-2-11(14)13(19)17-6-5-9(8-17)16-12-4-3-10(7-15-12)18(20)21/h3-4,7,9,11H,2,5-6,8,14H2,1H3,(H,15,16)/t9?,11-/m0/s1. The molecule has 1 aliphatic heterocycles. The number of carbonyl (C=O) groups is 1. The third-order valence-electron chi connectivity index (χ3n) is 3.57. The van der Waals surface area contributed by atoms with Gasteiger partial charge in [0.2, 0.25) is 5.91 Å². The highest BCUT2D eigenvalue weighted by atomic mass is 16.6. The van der Waals surface area contributed by atoms with Crippen LogP contribution >= 0.6 is 0 Å². The minimum Gasteiger partial charge on any atom is -0.365 e. The van der Waals surface area contributed by atoms with Crippen LogP contribution in [0.3, 0.4) is 0 Å². The first-order valence-electron chi connectivity index (χ1n) is 6.92. The Bertz CT molecular complexity index is 519. The second-order valence-corrected chi connectivity index (χ2v) is 5.09. The van der Waals surface area contributed by atoms with E-state index in [0.29, 0.717) is 25.3 Å². The van der Waals surface area contributed by atoms with Crippen molar-refractivity contribution >= 4 is 17.4 Å². The molecule has 8 nitrogen and oxygen atoms in total. The first kappa shape index (κ1) is 15.2. The fourth-order valence-corrected chi connectivity index (χ4v) is 2.28. The van der Waals surface area contributed by atoms with Gasteiger partial charge >= 0.3 is 0 Å². The molecule has 0 aliphatic carbocycles. The van der Waals surface area contributed by atoms with Crippen LogP contribution in [0.4, 0.5) is 11.5 Å². The lowest BCUT2D eigenvalue weighted by atomic mass is 10.2. The summed E-state index contributed by atoms with van der Waals surface area (Å²) in [5.41, 5.74) is 5.71. The summed E-state index contributed by atoms with van der Waals surface area (Å²) in [5.74, 6) is 0.540. The number of nitrogens with two attached hydrogens (primary N) is 1. The SMILES string of the molecule is CC[C@H](N)C(=O)N1CCC(Nc2ccc([N+](=O)[O-])cn2)C1. The van der Waals surface area contributed by atoms with Crippen LogP contribution in [-0.2, 0) is 4.79 Å². The lowest BCUT2D eigenvalue weighted by molar-refractivity contribution is -0.385. The summed E-state index contributed by atoms with van der Waals surface area (Å²) in [6.07, 6.45) is 2.64. The second-order valence-electron chi connectivity index (χ2n) is 5.09. The summed E-state index contributed by atoms with van der Waals surface area (Å²) in [6.45, 7) is 3.12. The van der Waals surface area contributed by atoms with E-state index in [9.17, 15) is 14.9 Å². The number of anilines is 1. The van der Waals surface area contributed by atoms with Crippen molar-refractivity contribution in [2.45, 2.75) is 31.8 Å². The number of carbonyl (C=O) groups excluding carboxylic acids is 1. The molecule has 2 rings (SSSR count). The molecule has 0 bridgehead atoms. The van der Waals surface area contributed by atoms with Gasteiger partial charge in [0.05, 0.1) is 11.0 Å². The van der Waals surface area contributed by atoms with Crippen molar-refractivity contribution in [3.05, 3.63) is 28.4 Å². The number of likely N-dealkylation sites (tertiary alicyclic amines) is 1. The number of hydrogen-bond donors (Lipinski definition) is 2. The molecule has 114 valence electrons. The normalized spacial score (nSPS) is 19.3. The zero-order valence-corrected chi connectivity index (χ0v) is 11.9. The smallest absolute Gasteiger partial charge is 0.287 e. The highest BCUT2D eigenvalue weighted by Gasteiger charge is 2.28. The van der Waals surface area contributed by atoms with Gasteiger partial charge in [-0.2, -0.15) is 0 Å². The van der Waals surface area contributed by atoms with E-state index in [1.807, 2.05) is 6.92 Å². The van der Waals surface area contributed by atoms with Gasteiger partial charge in [-0.15, -0.1) is 0 Å². The molecule has 1 unspecified atom stereocenters. The molecule has 1 aromatic heterocycles. The van der Waals surface area contributed by atoms with Gasteiger partial charge in [-0.3, -0.25) is 14.9 Å². The van der Waals surface area contributed by atoms with Crippen LogP contribution in [0.2, 0.25) is 0 Å². The molecule has 0 radical (unpaired) electrons. The van der Waals surface area contributed by atoms with E-state index in [-0.39, 0.29) is 17.6 Å². The van der Waals surface area contributed by atoms with Gasteiger partial charge < -0.3 is 16.0 Å². The molecular weight excluding hydrogens is 274 g/mol. The first-order valence-corrected chi connectivity index (χ1v) is 6.92. The quantitative estimate of drug-likeness (QED) is 0.611. The number of hydrogen-bond acceptors (Lipinski definition) is 6. The maximum absolute atomic E-state index is 12.0. The summed E-state index contributed by atoms with van der Waals surface area (Å²) >= 11 is 0. The van der Waals surface area contributed by atoms with Crippen molar-refractivity contribution in [1.29, 1.82) is 0 Å². The molecule has 1 amide bonds. The van der Waals surface area contributed by atoms with Crippen LogP contribution < -0.4 is 11.1 Å². The van der Waals surface area contributed by atoms with E-state index in [0.717, 1.165) is 6.42 Å². The number of nitrogens with zero attached hydrogens (tertiary/aromatic N) is 3. The number of rotatable bonds is 5. The number of nitrogens with one attached hydrogen (secondary N) is 1. The lowest BCUT2D eigenvalue weighted by Gasteiger charge is -2.20. The van der Waals surface area contributed by atoms with Gasteiger partial charge in [0.15, 0.2) is 0 Å². The van der Waals surface area contributed by atoms with Gasteiger partial charge in [0.25, 0.3) is 5.69 Å². The summed E-state index contributed by atoms with van der Waals surface area (Å²) < 4.78 is 0. The van der Waals surface area contributed by atoms with Gasteiger partial charge in [-0.25, -0.2) is 4.98 Å². The average Bonchev–Trinajstić information content (AvgIpc) is 2.94. The van der Waals surface area contributed by atoms with E-state index in [1.165, 1.54) is 12.3 Å². The Labute approximate surface area is 122 Å². The molecular formula is C13H19N5O3. The Morgan fingerprint density at radius 2 is 2.43 bits per heavy atom. The molecule has 1 aliphatic rings. The molecule has 0 spiro atoms. The van der Waals surface area contributed by atoms with Crippen LogP contribution in [0.1, 0.15) is 19.8 Å². The summed E-state index contributed by atoms with van der Waals surface area (Å²) in [4.78, 5) is 27.8. The highest BCUT2D eigenvalue weighted by molar-refractivity contribution is 5.81. The van der Waals surface area contributed by atoms with Crippen LogP contribution in [-0.4, -0.2) is 45.9 Å². The molecule has 8 heteroatoms. The molecule has 2 atom stereocenters. The Balaban J connectivity index is 1.90. The predicted octanol–water partition coefficient (Wildman–Crippen LogP) is 0.740. The fourth-order valence-electron chi connectivity index (χ4n) is 2.28. The van der Waals surface area contributed by atoms with Crippen molar-refractivity contribution < 1.29 is 9.72 Å². The number of amides is 1. The topological polar surface area (TPSA) is 114 Å². The van der Waals surface area contributed by atoms with Crippen LogP contribution in [0, 0.1) is 10.1 Å². The van der Waals surface area contributed by atoms with E-state index in [2.05, 4.69) is 10.3 Å². The zero-order valence-electron chi connectivity index (χ0n) is 11.9. The van der Waals surface area contributed by atoms with Crippen molar-refractivity contribution in [2.24, 2.45) is 5.73 Å². The molecule has 0 aromatic carbocycles. The maximum Gasteiger partial charge on any atom is 0.287 e. The largest absolute Gasteiger partial charge is 0.365 e.